The van der Waals surface area contributed by atoms with E-state index in [2.05, 4.69) is 48.9 Å². The number of urea groups is 1. The lowest BCUT2D eigenvalue weighted by molar-refractivity contribution is -0.123. The van der Waals surface area contributed by atoms with Crippen molar-refractivity contribution in [3.63, 3.8) is 0 Å². The van der Waals surface area contributed by atoms with Gasteiger partial charge in [-0.05, 0) is 86.1 Å². The van der Waals surface area contributed by atoms with Crippen molar-refractivity contribution in [2.45, 2.75) is 97.5 Å². The molecule has 0 aromatic heterocycles. The van der Waals surface area contributed by atoms with Gasteiger partial charge in [-0.3, -0.25) is 4.79 Å². The summed E-state index contributed by atoms with van der Waals surface area (Å²) in [6.45, 7) is 6.45. The fourth-order valence-corrected chi connectivity index (χ4v) is 5.06. The summed E-state index contributed by atoms with van der Waals surface area (Å²) in [4.78, 5) is 26.0. The second-order valence-corrected chi connectivity index (χ2v) is 11.4. The number of carbonyl (C=O) groups excluding carboxylic acids is 2. The molecule has 9 nitrogen and oxygen atoms in total. The highest BCUT2D eigenvalue weighted by Gasteiger charge is 2.22. The maximum Gasteiger partial charge on any atom is 0.323 e. The van der Waals surface area contributed by atoms with Crippen molar-refractivity contribution in [1.29, 1.82) is 10.5 Å². The van der Waals surface area contributed by atoms with Crippen molar-refractivity contribution in [3.05, 3.63) is 76.9 Å². The number of aromatic hydroxyl groups is 1. The molecule has 4 N–H and O–H groups in total. The summed E-state index contributed by atoms with van der Waals surface area (Å²) in [6.07, 6.45) is 10.3. The highest BCUT2D eigenvalue weighted by Crippen LogP contribution is 2.29. The lowest BCUT2D eigenvalue weighted by Gasteiger charge is -2.21. The molecular formula is C37H45N5O4. The summed E-state index contributed by atoms with van der Waals surface area (Å²) in [7, 11) is 0. The highest BCUT2D eigenvalue weighted by atomic mass is 16.5. The van der Waals surface area contributed by atoms with Crippen molar-refractivity contribution >= 4 is 29.0 Å². The first kappa shape index (κ1) is 35.5. The predicted octanol–water partition coefficient (Wildman–Crippen LogP) is 8.82. The molecule has 0 saturated heterocycles. The molecule has 0 radical (unpaired) electrons. The molecule has 0 heterocycles. The third-order valence-corrected chi connectivity index (χ3v) is 7.66. The molecule has 0 aliphatic rings. The number of aryl methyl sites for hydroxylation is 2. The number of hydrogen-bond donors (Lipinski definition) is 4. The van der Waals surface area contributed by atoms with Crippen molar-refractivity contribution in [1.82, 2.24) is 0 Å². The summed E-state index contributed by atoms with van der Waals surface area (Å²) in [5.74, 6) is 0.185. The lowest BCUT2D eigenvalue weighted by Crippen LogP contribution is -2.33. The van der Waals surface area contributed by atoms with E-state index >= 15 is 0 Å². The Morgan fingerprint density at radius 3 is 2.11 bits per heavy atom. The van der Waals surface area contributed by atoms with Crippen molar-refractivity contribution in [3.8, 4) is 23.6 Å². The van der Waals surface area contributed by atoms with Crippen LogP contribution in [0, 0.1) is 22.7 Å². The van der Waals surface area contributed by atoms with Gasteiger partial charge in [0.15, 0.2) is 6.10 Å². The van der Waals surface area contributed by atoms with Gasteiger partial charge in [-0.25, -0.2) is 4.79 Å². The van der Waals surface area contributed by atoms with Gasteiger partial charge in [0, 0.05) is 17.4 Å². The molecule has 0 saturated carbocycles. The van der Waals surface area contributed by atoms with Crippen LogP contribution in [0.4, 0.5) is 21.9 Å². The van der Waals surface area contributed by atoms with Crippen LogP contribution in [-0.2, 0) is 17.6 Å². The van der Waals surface area contributed by atoms with E-state index in [0.29, 0.717) is 17.8 Å². The molecule has 1 unspecified atom stereocenters. The van der Waals surface area contributed by atoms with Gasteiger partial charge in [0.2, 0.25) is 0 Å². The fourth-order valence-electron chi connectivity index (χ4n) is 5.06. The Morgan fingerprint density at radius 1 is 0.761 bits per heavy atom. The lowest BCUT2D eigenvalue weighted by atomic mass is 10.00. The summed E-state index contributed by atoms with van der Waals surface area (Å²) in [5.41, 5.74) is 3.56. The maximum atomic E-state index is 13.5. The number of hydrogen-bond acceptors (Lipinski definition) is 6. The van der Waals surface area contributed by atoms with Gasteiger partial charge >= 0.3 is 6.03 Å². The normalized spacial score (nSPS) is 11.2. The van der Waals surface area contributed by atoms with Crippen LogP contribution in [0.1, 0.15) is 101 Å². The van der Waals surface area contributed by atoms with Gasteiger partial charge in [-0.15, -0.1) is 0 Å². The number of unbranched alkanes of at least 4 members (excludes halogenated alkanes) is 5. The standard InChI is InChI=1S/C37H45N5O4/c1-4-7-10-12-26-15-20-34(27(21-26)13-11-8-5-2)46-35(14-9-6-3)36(44)40-31-18-19-32(33(43)23-31)42-37(45)41-30-17-16-28(24-38)29(22-30)25-39/h15-23,35,43H,4-14H2,1-3H3,(H,40,44)(H2,41,42,45). The van der Waals surface area contributed by atoms with Gasteiger partial charge in [0.25, 0.3) is 5.91 Å². The highest BCUT2D eigenvalue weighted by molar-refractivity contribution is 6.01. The molecule has 3 amide bonds. The number of benzene rings is 3. The topological polar surface area (TPSA) is 147 Å². The summed E-state index contributed by atoms with van der Waals surface area (Å²) in [6, 6.07) is 18.3. The quantitative estimate of drug-likeness (QED) is 0.0872. The zero-order valence-corrected chi connectivity index (χ0v) is 27.1. The number of anilines is 3. The molecule has 3 aromatic carbocycles. The zero-order valence-electron chi connectivity index (χ0n) is 27.1. The zero-order chi connectivity index (χ0) is 33.3. The number of rotatable bonds is 17. The van der Waals surface area contributed by atoms with E-state index in [1.54, 1.807) is 6.07 Å². The van der Waals surface area contributed by atoms with Gasteiger partial charge in [-0.2, -0.15) is 10.5 Å². The third kappa shape index (κ3) is 10.9. The Kier molecular flexibility index (Phi) is 14.4. The number of nitrogens with one attached hydrogen (secondary N) is 3. The van der Waals surface area contributed by atoms with Gasteiger partial charge in [0.05, 0.1) is 16.8 Å². The minimum absolute atomic E-state index is 0.124. The van der Waals surface area contributed by atoms with E-state index in [9.17, 15) is 20.0 Å². The van der Waals surface area contributed by atoms with Crippen LogP contribution in [0.25, 0.3) is 0 Å². The first-order chi connectivity index (χ1) is 22.3. The molecule has 46 heavy (non-hydrogen) atoms. The predicted molar refractivity (Wildman–Crippen MR) is 182 cm³/mol. The van der Waals surface area contributed by atoms with Crippen LogP contribution < -0.4 is 20.7 Å². The van der Waals surface area contributed by atoms with E-state index in [1.807, 2.05) is 18.2 Å². The van der Waals surface area contributed by atoms with Crippen LogP contribution in [0.5, 0.6) is 11.5 Å². The monoisotopic (exact) mass is 623 g/mol. The first-order valence-corrected chi connectivity index (χ1v) is 16.3. The van der Waals surface area contributed by atoms with E-state index in [-0.39, 0.29) is 28.5 Å². The van der Waals surface area contributed by atoms with Crippen LogP contribution in [0.3, 0.4) is 0 Å². The molecule has 9 heteroatoms. The molecule has 0 fully saturated rings. The van der Waals surface area contributed by atoms with Crippen LogP contribution in [-0.4, -0.2) is 23.1 Å². The van der Waals surface area contributed by atoms with E-state index in [0.717, 1.165) is 62.7 Å². The number of phenolic OH excluding ortho intramolecular Hbond substituents is 1. The Labute approximate surface area is 272 Å². The van der Waals surface area contributed by atoms with E-state index in [4.69, 9.17) is 10.00 Å². The summed E-state index contributed by atoms with van der Waals surface area (Å²) < 4.78 is 6.41. The van der Waals surface area contributed by atoms with Crippen molar-refractivity contribution in [2.24, 2.45) is 0 Å². The SMILES string of the molecule is CCCCCc1ccc(OC(CCCC)C(=O)Nc2ccc(NC(=O)Nc3ccc(C#N)c(C#N)c3)c(O)c2)c(CCCCC)c1. The first-order valence-electron chi connectivity index (χ1n) is 16.3. The Balaban J connectivity index is 1.70. The van der Waals surface area contributed by atoms with Crippen LogP contribution in [0.2, 0.25) is 0 Å². The molecule has 0 spiro atoms. The molecular weight excluding hydrogens is 578 g/mol. The van der Waals surface area contributed by atoms with E-state index in [1.165, 1.54) is 48.7 Å². The molecule has 0 aliphatic carbocycles. The number of carbonyl (C=O) groups is 2. The number of nitriles is 2. The van der Waals surface area contributed by atoms with Crippen LogP contribution >= 0.6 is 0 Å². The second kappa shape index (κ2) is 18.7. The molecule has 1 atom stereocenters. The Morgan fingerprint density at radius 2 is 1.43 bits per heavy atom. The average Bonchev–Trinajstić information content (AvgIpc) is 3.05. The van der Waals surface area contributed by atoms with Gasteiger partial charge < -0.3 is 25.8 Å². The van der Waals surface area contributed by atoms with Gasteiger partial charge in [0.1, 0.15) is 23.6 Å². The number of amides is 3. The maximum absolute atomic E-state index is 13.5. The summed E-state index contributed by atoms with van der Waals surface area (Å²) in [5, 5.41) is 36.9. The number of phenols is 1. The minimum atomic E-state index is -0.715. The third-order valence-electron chi connectivity index (χ3n) is 7.66. The Bertz CT molecular complexity index is 1560. The fraction of sp³-hybridized carbons (Fsp3) is 0.405. The minimum Gasteiger partial charge on any atom is -0.506 e. The second-order valence-electron chi connectivity index (χ2n) is 11.4. The van der Waals surface area contributed by atoms with Crippen molar-refractivity contribution < 1.29 is 19.4 Å². The Hall–Kier alpha value is -5.02. The van der Waals surface area contributed by atoms with Gasteiger partial charge in [-0.1, -0.05) is 65.0 Å². The molecule has 0 aliphatic heterocycles. The number of ether oxygens (including phenoxy) is 1. The average molecular weight is 624 g/mol. The van der Waals surface area contributed by atoms with Crippen molar-refractivity contribution in [2.75, 3.05) is 16.0 Å². The number of nitrogens with zero attached hydrogens (tertiary/aromatic N) is 2. The molecule has 3 aromatic rings. The van der Waals surface area contributed by atoms with E-state index < -0.39 is 12.1 Å². The largest absolute Gasteiger partial charge is 0.506 e. The van der Waals surface area contributed by atoms with Crippen LogP contribution in [0.15, 0.2) is 54.6 Å². The molecule has 3 rings (SSSR count). The molecule has 0 bridgehead atoms. The molecule has 242 valence electrons. The summed E-state index contributed by atoms with van der Waals surface area (Å²) >= 11 is 0. The smallest absolute Gasteiger partial charge is 0.323 e.